The lowest BCUT2D eigenvalue weighted by molar-refractivity contribution is -0.137. The minimum Gasteiger partial charge on any atom is -0.493 e. The Morgan fingerprint density at radius 3 is 2.78 bits per heavy atom. The Kier molecular flexibility index (Phi) is 5.58. The molecule has 0 saturated carbocycles. The summed E-state index contributed by atoms with van der Waals surface area (Å²) in [5.74, 6) is 2.29. The molecule has 0 spiro atoms. The van der Waals surface area contributed by atoms with E-state index in [0.717, 1.165) is 22.9 Å². The quantitative estimate of drug-likeness (QED) is 0.361. The highest BCUT2D eigenvalue weighted by Crippen LogP contribution is 2.40. The Balaban J connectivity index is 1.23. The monoisotopic (exact) mass is 506 g/mol. The highest BCUT2D eigenvalue weighted by molar-refractivity contribution is 5.93. The number of hydrogen-bond acceptors (Lipinski definition) is 5. The molecule has 188 valence electrons. The van der Waals surface area contributed by atoms with Crippen LogP contribution in [0.4, 0.5) is 19.0 Å². The number of amides is 1. The normalized spacial score (nSPS) is 16.8. The summed E-state index contributed by atoms with van der Waals surface area (Å²) in [5, 5.41) is 9.84. The van der Waals surface area contributed by atoms with E-state index in [0.29, 0.717) is 48.9 Å². The number of H-pyrrole nitrogens is 1. The summed E-state index contributed by atoms with van der Waals surface area (Å²) in [4.78, 5) is 15.9. The van der Waals surface area contributed by atoms with Crippen LogP contribution in [0.3, 0.4) is 0 Å². The molecule has 6 rings (SSSR count). The molecule has 1 unspecified atom stereocenters. The van der Waals surface area contributed by atoms with Gasteiger partial charge in [0.15, 0.2) is 0 Å². The minimum absolute atomic E-state index is 0.0298. The first-order chi connectivity index (χ1) is 17.8. The van der Waals surface area contributed by atoms with Crippen molar-refractivity contribution in [3.8, 4) is 28.5 Å². The number of nitrogens with zero attached hydrogens (tertiary/aromatic N) is 2. The molecule has 37 heavy (non-hydrogen) atoms. The van der Waals surface area contributed by atoms with Crippen LogP contribution in [-0.2, 0) is 23.8 Å². The Morgan fingerprint density at radius 1 is 1.05 bits per heavy atom. The molecule has 0 fully saturated rings. The van der Waals surface area contributed by atoms with Crippen LogP contribution in [-0.4, -0.2) is 27.7 Å². The van der Waals surface area contributed by atoms with E-state index in [9.17, 15) is 18.0 Å². The molecule has 7 nitrogen and oxygen atoms in total. The molecule has 4 aromatic rings. The van der Waals surface area contributed by atoms with Crippen molar-refractivity contribution in [3.05, 3.63) is 83.2 Å². The molecular weight excluding hydrogens is 485 g/mol. The molecule has 0 aliphatic carbocycles. The van der Waals surface area contributed by atoms with Gasteiger partial charge in [-0.1, -0.05) is 18.2 Å². The fraction of sp³-hybridized carbons (Fsp3) is 0.222. The van der Waals surface area contributed by atoms with Crippen molar-refractivity contribution in [1.29, 1.82) is 0 Å². The molecule has 2 aliphatic rings. The third-order valence-corrected chi connectivity index (χ3v) is 6.58. The number of carbonyl (C=O) groups excluding carboxylic acids is 1. The number of fused-ring (bicyclic) bond motifs is 2. The molecule has 0 radical (unpaired) electrons. The Labute approximate surface area is 209 Å². The second kappa shape index (κ2) is 8.95. The van der Waals surface area contributed by atoms with Gasteiger partial charge in [0.05, 0.1) is 17.9 Å². The average Bonchev–Trinajstić information content (AvgIpc) is 3.38. The van der Waals surface area contributed by atoms with E-state index in [4.69, 9.17) is 9.47 Å². The van der Waals surface area contributed by atoms with Crippen LogP contribution in [0.2, 0.25) is 0 Å². The first-order valence-electron chi connectivity index (χ1n) is 11.8. The van der Waals surface area contributed by atoms with Gasteiger partial charge in [-0.2, -0.15) is 18.3 Å². The van der Waals surface area contributed by atoms with Gasteiger partial charge < -0.3 is 14.8 Å². The van der Waals surface area contributed by atoms with Crippen molar-refractivity contribution in [2.75, 3.05) is 11.9 Å². The van der Waals surface area contributed by atoms with E-state index in [2.05, 4.69) is 20.5 Å². The van der Waals surface area contributed by atoms with Crippen molar-refractivity contribution in [3.63, 3.8) is 0 Å². The maximum atomic E-state index is 13.5. The number of nitrogens with one attached hydrogen (secondary N) is 2. The Morgan fingerprint density at radius 2 is 1.92 bits per heavy atom. The minimum atomic E-state index is -4.47. The summed E-state index contributed by atoms with van der Waals surface area (Å²) in [6, 6.07) is 14.4. The molecular formula is C27H21F3N4O3. The van der Waals surface area contributed by atoms with Crippen LogP contribution in [0.15, 0.2) is 60.8 Å². The molecule has 10 heteroatoms. The number of aromatic amines is 1. The summed E-state index contributed by atoms with van der Waals surface area (Å²) in [5.41, 5.74) is 2.00. The zero-order valence-electron chi connectivity index (χ0n) is 19.4. The van der Waals surface area contributed by atoms with Crippen LogP contribution < -0.4 is 14.8 Å². The van der Waals surface area contributed by atoms with Crippen LogP contribution in [0, 0.1) is 0 Å². The van der Waals surface area contributed by atoms with E-state index in [1.54, 1.807) is 24.4 Å². The molecule has 1 atom stereocenters. The van der Waals surface area contributed by atoms with E-state index in [1.807, 2.05) is 18.2 Å². The van der Waals surface area contributed by atoms with E-state index < -0.39 is 11.7 Å². The maximum Gasteiger partial charge on any atom is 0.417 e. The second-order valence-electron chi connectivity index (χ2n) is 9.02. The highest BCUT2D eigenvalue weighted by atomic mass is 19.4. The summed E-state index contributed by atoms with van der Waals surface area (Å²) < 4.78 is 52.5. The van der Waals surface area contributed by atoms with Gasteiger partial charge in [0.25, 0.3) is 0 Å². The number of aromatic nitrogens is 3. The fourth-order valence-electron chi connectivity index (χ4n) is 4.75. The number of halogens is 3. The Hall–Kier alpha value is -4.34. The summed E-state index contributed by atoms with van der Waals surface area (Å²) >= 11 is 0. The smallest absolute Gasteiger partial charge is 0.417 e. The molecule has 4 heterocycles. The third kappa shape index (κ3) is 4.50. The van der Waals surface area contributed by atoms with Gasteiger partial charge in [-0.05, 0) is 54.8 Å². The summed E-state index contributed by atoms with van der Waals surface area (Å²) in [6.45, 7) is 0.368. The van der Waals surface area contributed by atoms with Gasteiger partial charge in [-0.15, -0.1) is 0 Å². The number of benzene rings is 2. The van der Waals surface area contributed by atoms with Crippen LogP contribution in [0.25, 0.3) is 11.3 Å². The number of alkyl halides is 3. The van der Waals surface area contributed by atoms with Crippen LogP contribution in [0.5, 0.6) is 17.2 Å². The molecule has 2 aromatic heterocycles. The first kappa shape index (κ1) is 23.1. The first-order valence-corrected chi connectivity index (χ1v) is 11.8. The summed E-state index contributed by atoms with van der Waals surface area (Å²) in [6.07, 6.45) is -1.38. The predicted molar refractivity (Wildman–Crippen MR) is 129 cm³/mol. The van der Waals surface area contributed by atoms with Gasteiger partial charge >= 0.3 is 6.18 Å². The SMILES string of the molecule is O=C1CCc2c(Oc3ccc4c(c3)CC(c3cc(-c5ccccc5C(F)(F)F)n[nH]3)CO4)ccnc2N1. The molecule has 0 saturated heterocycles. The molecule has 2 aliphatic heterocycles. The zero-order chi connectivity index (χ0) is 25.6. The highest BCUT2D eigenvalue weighted by Gasteiger charge is 2.34. The molecule has 2 aromatic carbocycles. The number of pyridine rings is 1. The third-order valence-electron chi connectivity index (χ3n) is 6.58. The van der Waals surface area contributed by atoms with Gasteiger partial charge in [-0.3, -0.25) is 9.89 Å². The van der Waals surface area contributed by atoms with Crippen molar-refractivity contribution in [2.45, 2.75) is 31.4 Å². The topological polar surface area (TPSA) is 89.1 Å². The second-order valence-corrected chi connectivity index (χ2v) is 9.02. The van der Waals surface area contributed by atoms with Crippen molar-refractivity contribution < 1.29 is 27.4 Å². The molecule has 2 N–H and O–H groups in total. The van der Waals surface area contributed by atoms with E-state index in [-0.39, 0.29) is 23.1 Å². The molecule has 0 bridgehead atoms. The number of rotatable bonds is 4. The lowest BCUT2D eigenvalue weighted by atomic mass is 9.93. The average molecular weight is 506 g/mol. The Bertz CT molecular complexity index is 1500. The number of anilines is 1. The standard InChI is InChI=1S/C27H21F3N4O3/c28-27(29,30)20-4-2-1-3-18(20)22-13-21(33-34-22)16-11-15-12-17(5-7-23(15)36-14-16)37-24-9-10-31-26-19(24)6-8-25(35)32-26/h1-5,7,9-10,12-13,16H,6,8,11,14H2,(H,33,34)(H,31,32,35). The molecule has 1 amide bonds. The summed E-state index contributed by atoms with van der Waals surface area (Å²) in [7, 11) is 0. The van der Waals surface area contributed by atoms with Gasteiger partial charge in [-0.25, -0.2) is 4.98 Å². The van der Waals surface area contributed by atoms with Gasteiger partial charge in [0.2, 0.25) is 5.91 Å². The van der Waals surface area contributed by atoms with E-state index in [1.165, 1.54) is 12.1 Å². The van der Waals surface area contributed by atoms with Gasteiger partial charge in [0.1, 0.15) is 23.1 Å². The zero-order valence-corrected chi connectivity index (χ0v) is 19.4. The van der Waals surface area contributed by atoms with Crippen molar-refractivity contribution >= 4 is 11.7 Å². The van der Waals surface area contributed by atoms with Crippen LogP contribution >= 0.6 is 0 Å². The lowest BCUT2D eigenvalue weighted by Gasteiger charge is -2.25. The number of carbonyl (C=O) groups is 1. The van der Waals surface area contributed by atoms with Crippen molar-refractivity contribution in [2.24, 2.45) is 0 Å². The number of hydrogen-bond donors (Lipinski definition) is 2. The fourth-order valence-corrected chi connectivity index (χ4v) is 4.75. The lowest BCUT2D eigenvalue weighted by Crippen LogP contribution is -2.20. The van der Waals surface area contributed by atoms with E-state index >= 15 is 0 Å². The van der Waals surface area contributed by atoms with Crippen molar-refractivity contribution in [1.82, 2.24) is 15.2 Å². The van der Waals surface area contributed by atoms with Gasteiger partial charge in [0, 0.05) is 35.4 Å². The maximum absolute atomic E-state index is 13.5. The predicted octanol–water partition coefficient (Wildman–Crippen LogP) is 5.89. The largest absolute Gasteiger partial charge is 0.493 e. The number of ether oxygens (including phenoxy) is 2. The van der Waals surface area contributed by atoms with Crippen LogP contribution in [0.1, 0.15) is 34.7 Å².